The number of halogens is 1. The maximum Gasteiger partial charge on any atom is 0.338 e. The molecule has 2 aromatic carbocycles. The monoisotopic (exact) mass is 417 g/mol. The van der Waals surface area contributed by atoms with Gasteiger partial charge in [-0.1, -0.05) is 40.2 Å². The largest absolute Gasteiger partial charge is 0.454 e. The summed E-state index contributed by atoms with van der Waals surface area (Å²) in [6, 6.07) is 13.9. The van der Waals surface area contributed by atoms with Crippen LogP contribution in [-0.4, -0.2) is 30.8 Å². The second-order valence-corrected chi connectivity index (χ2v) is 6.71. The number of hydrogen-bond donors (Lipinski definition) is 1. The predicted octanol–water partition coefficient (Wildman–Crippen LogP) is 3.56. The van der Waals surface area contributed by atoms with Crippen LogP contribution in [0, 0.1) is 0 Å². The van der Waals surface area contributed by atoms with E-state index >= 15 is 0 Å². The number of ether oxygens (including phenoxy) is 1. The summed E-state index contributed by atoms with van der Waals surface area (Å²) in [4.78, 5) is 34.9. The van der Waals surface area contributed by atoms with Crippen LogP contribution >= 0.6 is 15.9 Å². The van der Waals surface area contributed by atoms with Gasteiger partial charge >= 0.3 is 5.97 Å². The predicted molar refractivity (Wildman–Crippen MR) is 102 cm³/mol. The zero-order valence-electron chi connectivity index (χ0n) is 14.5. The number of rotatable bonds is 8. The van der Waals surface area contributed by atoms with Crippen molar-refractivity contribution >= 4 is 33.6 Å². The van der Waals surface area contributed by atoms with Gasteiger partial charge in [-0.15, -0.1) is 0 Å². The Labute approximate surface area is 160 Å². The van der Waals surface area contributed by atoms with E-state index in [2.05, 4.69) is 21.2 Å². The van der Waals surface area contributed by atoms with E-state index in [1.165, 1.54) is 6.92 Å². The number of amides is 1. The van der Waals surface area contributed by atoms with E-state index in [4.69, 9.17) is 4.74 Å². The molecule has 0 saturated carbocycles. The summed E-state index contributed by atoms with van der Waals surface area (Å²) in [5.74, 6) is -0.815. The highest BCUT2D eigenvalue weighted by Crippen LogP contribution is 2.12. The van der Waals surface area contributed by atoms with Crippen LogP contribution in [0.5, 0.6) is 0 Å². The molecule has 0 fully saturated rings. The minimum Gasteiger partial charge on any atom is -0.454 e. The van der Waals surface area contributed by atoms with Gasteiger partial charge in [-0.3, -0.25) is 9.59 Å². The first kappa shape index (κ1) is 19.8. The Kier molecular flexibility index (Phi) is 7.53. The maximum absolute atomic E-state index is 12.1. The van der Waals surface area contributed by atoms with Gasteiger partial charge in [0.05, 0.1) is 5.56 Å². The summed E-state index contributed by atoms with van der Waals surface area (Å²) in [5.41, 5.74) is 1.98. The molecule has 0 atom stereocenters. The Hall–Kier alpha value is -2.47. The van der Waals surface area contributed by atoms with Crippen molar-refractivity contribution in [1.82, 2.24) is 5.32 Å². The molecule has 6 heteroatoms. The minimum absolute atomic E-state index is 0.0383. The van der Waals surface area contributed by atoms with Gasteiger partial charge in [0.15, 0.2) is 12.4 Å². The fourth-order valence-electron chi connectivity index (χ4n) is 2.30. The molecule has 0 aromatic heterocycles. The SMILES string of the molecule is CC(=O)NCCCc1ccc(C(=O)COC(=O)c2ccc(Br)cc2)cc1. The zero-order valence-corrected chi connectivity index (χ0v) is 16.0. The van der Waals surface area contributed by atoms with Crippen LogP contribution in [0.2, 0.25) is 0 Å². The van der Waals surface area contributed by atoms with Crippen molar-refractivity contribution in [1.29, 1.82) is 0 Å². The van der Waals surface area contributed by atoms with E-state index in [1.54, 1.807) is 36.4 Å². The third-order valence-electron chi connectivity index (χ3n) is 3.71. The first-order valence-corrected chi connectivity index (χ1v) is 9.04. The number of carbonyl (C=O) groups is 3. The van der Waals surface area contributed by atoms with Crippen LogP contribution in [0.1, 0.15) is 39.6 Å². The topological polar surface area (TPSA) is 72.5 Å². The first-order chi connectivity index (χ1) is 12.5. The van der Waals surface area contributed by atoms with E-state index in [9.17, 15) is 14.4 Å². The van der Waals surface area contributed by atoms with Crippen molar-refractivity contribution in [3.63, 3.8) is 0 Å². The molecule has 0 aliphatic rings. The molecule has 5 nitrogen and oxygen atoms in total. The molecule has 0 unspecified atom stereocenters. The van der Waals surface area contributed by atoms with Crippen molar-refractivity contribution < 1.29 is 19.1 Å². The number of nitrogens with one attached hydrogen (secondary N) is 1. The third-order valence-corrected chi connectivity index (χ3v) is 4.24. The van der Waals surface area contributed by atoms with Gasteiger partial charge in [-0.2, -0.15) is 0 Å². The Bertz CT molecular complexity index is 769. The van der Waals surface area contributed by atoms with Crippen molar-refractivity contribution in [2.75, 3.05) is 13.2 Å². The average Bonchev–Trinajstić information content (AvgIpc) is 2.64. The van der Waals surface area contributed by atoms with Gasteiger partial charge in [-0.25, -0.2) is 4.79 Å². The molecule has 0 spiro atoms. The molecule has 0 aliphatic carbocycles. The van der Waals surface area contributed by atoms with Crippen LogP contribution in [0.4, 0.5) is 0 Å². The standard InChI is InChI=1S/C20H20BrNO4/c1-14(23)22-12-2-3-15-4-6-16(7-5-15)19(24)13-26-20(25)17-8-10-18(21)11-9-17/h4-11H,2-3,12-13H2,1H3,(H,22,23). The van der Waals surface area contributed by atoms with Gasteiger partial charge in [0.1, 0.15) is 0 Å². The second-order valence-electron chi connectivity index (χ2n) is 5.79. The van der Waals surface area contributed by atoms with Gasteiger partial charge in [-0.05, 0) is 42.7 Å². The van der Waals surface area contributed by atoms with Crippen molar-refractivity contribution in [3.05, 3.63) is 69.7 Å². The van der Waals surface area contributed by atoms with E-state index < -0.39 is 5.97 Å². The van der Waals surface area contributed by atoms with Crippen LogP contribution in [0.25, 0.3) is 0 Å². The van der Waals surface area contributed by atoms with Crippen molar-refractivity contribution in [3.8, 4) is 0 Å². The van der Waals surface area contributed by atoms with Gasteiger partial charge in [0.25, 0.3) is 0 Å². The number of esters is 1. The molecule has 2 aromatic rings. The van der Waals surface area contributed by atoms with E-state index in [-0.39, 0.29) is 18.3 Å². The zero-order chi connectivity index (χ0) is 18.9. The molecule has 0 aliphatic heterocycles. The normalized spacial score (nSPS) is 10.2. The molecular formula is C20H20BrNO4. The Morgan fingerprint density at radius 1 is 0.962 bits per heavy atom. The lowest BCUT2D eigenvalue weighted by molar-refractivity contribution is -0.118. The van der Waals surface area contributed by atoms with Gasteiger partial charge in [0, 0.05) is 23.5 Å². The lowest BCUT2D eigenvalue weighted by atomic mass is 10.1. The van der Waals surface area contributed by atoms with E-state index in [0.717, 1.165) is 22.9 Å². The second kappa shape index (κ2) is 9.87. The molecule has 2 rings (SSSR count). The van der Waals surface area contributed by atoms with Crippen LogP contribution in [0.15, 0.2) is 53.0 Å². The maximum atomic E-state index is 12.1. The van der Waals surface area contributed by atoms with Gasteiger partial charge < -0.3 is 10.1 Å². The van der Waals surface area contributed by atoms with Crippen LogP contribution in [0.3, 0.4) is 0 Å². The summed E-state index contributed by atoms with van der Waals surface area (Å²) in [5, 5.41) is 2.75. The minimum atomic E-state index is -0.527. The fraction of sp³-hybridized carbons (Fsp3) is 0.250. The van der Waals surface area contributed by atoms with Crippen molar-refractivity contribution in [2.45, 2.75) is 19.8 Å². The Morgan fingerprint density at radius 3 is 2.19 bits per heavy atom. The summed E-state index contributed by atoms with van der Waals surface area (Å²) >= 11 is 3.29. The quantitative estimate of drug-likeness (QED) is 0.404. The molecule has 0 saturated heterocycles. The summed E-state index contributed by atoms with van der Waals surface area (Å²) < 4.78 is 5.94. The van der Waals surface area contributed by atoms with Gasteiger partial charge in [0.2, 0.25) is 5.91 Å². The number of hydrogen-bond acceptors (Lipinski definition) is 4. The molecule has 1 N–H and O–H groups in total. The third kappa shape index (κ3) is 6.44. The number of ketones is 1. The first-order valence-electron chi connectivity index (χ1n) is 8.25. The Morgan fingerprint density at radius 2 is 1.58 bits per heavy atom. The number of benzene rings is 2. The van der Waals surface area contributed by atoms with Crippen molar-refractivity contribution in [2.24, 2.45) is 0 Å². The van der Waals surface area contributed by atoms with Crippen LogP contribution < -0.4 is 5.32 Å². The lowest BCUT2D eigenvalue weighted by Gasteiger charge is -2.06. The molecule has 136 valence electrons. The number of carbonyl (C=O) groups excluding carboxylic acids is 3. The molecule has 0 radical (unpaired) electrons. The molecule has 1 amide bonds. The molecule has 0 bridgehead atoms. The fourth-order valence-corrected chi connectivity index (χ4v) is 2.56. The molecular weight excluding hydrogens is 398 g/mol. The average molecular weight is 418 g/mol. The highest BCUT2D eigenvalue weighted by molar-refractivity contribution is 9.10. The summed E-state index contributed by atoms with van der Waals surface area (Å²) in [6.45, 7) is 1.82. The Balaban J connectivity index is 1.81. The highest BCUT2D eigenvalue weighted by atomic mass is 79.9. The van der Waals surface area contributed by atoms with E-state index in [0.29, 0.717) is 17.7 Å². The summed E-state index contributed by atoms with van der Waals surface area (Å²) in [7, 11) is 0. The smallest absolute Gasteiger partial charge is 0.338 e. The van der Waals surface area contributed by atoms with Crippen LogP contribution in [-0.2, 0) is 16.0 Å². The number of aryl methyl sites for hydroxylation is 1. The highest BCUT2D eigenvalue weighted by Gasteiger charge is 2.11. The summed E-state index contributed by atoms with van der Waals surface area (Å²) in [6.07, 6.45) is 1.64. The lowest BCUT2D eigenvalue weighted by Crippen LogP contribution is -2.21. The number of Topliss-reactive ketones (excluding diaryl/α,β-unsaturated/α-hetero) is 1. The molecule has 26 heavy (non-hydrogen) atoms. The molecule has 0 heterocycles. The van der Waals surface area contributed by atoms with E-state index in [1.807, 2.05) is 12.1 Å².